The van der Waals surface area contributed by atoms with Crippen molar-refractivity contribution in [2.24, 2.45) is 7.05 Å². The lowest BCUT2D eigenvalue weighted by Gasteiger charge is -2.25. The maximum Gasteiger partial charge on any atom is 0.260 e. The molecule has 8 nitrogen and oxygen atoms in total. The zero-order valence-electron chi connectivity index (χ0n) is 20.9. The van der Waals surface area contributed by atoms with Gasteiger partial charge in [0.1, 0.15) is 5.82 Å². The predicted molar refractivity (Wildman–Crippen MR) is 149 cm³/mol. The van der Waals surface area contributed by atoms with E-state index in [1.807, 2.05) is 55.6 Å². The van der Waals surface area contributed by atoms with E-state index in [2.05, 4.69) is 15.1 Å². The van der Waals surface area contributed by atoms with E-state index in [0.29, 0.717) is 28.7 Å². The van der Waals surface area contributed by atoms with Crippen LogP contribution in [0.5, 0.6) is 0 Å². The number of benzene rings is 2. The Bertz CT molecular complexity index is 1770. The minimum Gasteiger partial charge on any atom is -0.383 e. The molecule has 9 heteroatoms. The predicted octanol–water partition coefficient (Wildman–Crippen LogP) is 4.49. The van der Waals surface area contributed by atoms with Gasteiger partial charge >= 0.3 is 0 Å². The number of rotatable bonds is 5. The summed E-state index contributed by atoms with van der Waals surface area (Å²) < 4.78 is 14.8. The highest BCUT2D eigenvalue weighted by atomic mass is 32.2. The zero-order chi connectivity index (χ0) is 26.0. The number of amides is 1. The number of hydrogen-bond acceptors (Lipinski definition) is 6. The van der Waals surface area contributed by atoms with E-state index in [1.54, 1.807) is 22.0 Å². The minimum absolute atomic E-state index is 0.174. The molecule has 1 aliphatic carbocycles. The van der Waals surface area contributed by atoms with Gasteiger partial charge in [-0.2, -0.15) is 5.10 Å². The molecular formula is C29H26N6O2S. The molecule has 1 aliphatic heterocycles. The zero-order valence-corrected chi connectivity index (χ0v) is 21.7. The van der Waals surface area contributed by atoms with Gasteiger partial charge in [-0.05, 0) is 54.7 Å². The summed E-state index contributed by atoms with van der Waals surface area (Å²) in [5, 5.41) is 6.10. The van der Waals surface area contributed by atoms with Crippen LogP contribution in [0.15, 0.2) is 65.8 Å². The number of nitrogens with zero attached hydrogens (tertiary/aromatic N) is 5. The third-order valence-electron chi connectivity index (χ3n) is 7.54. The van der Waals surface area contributed by atoms with Crippen molar-refractivity contribution in [2.75, 3.05) is 16.4 Å². The Balaban J connectivity index is 1.32. The lowest BCUT2D eigenvalue weighted by molar-refractivity contribution is 0.0984. The second-order valence-corrected chi connectivity index (χ2v) is 11.6. The fraction of sp³-hybridized carbons (Fsp3) is 0.241. The van der Waals surface area contributed by atoms with E-state index in [0.717, 1.165) is 62.8 Å². The summed E-state index contributed by atoms with van der Waals surface area (Å²) in [6.45, 7) is 0.289. The maximum absolute atomic E-state index is 14.0. The molecule has 1 atom stereocenters. The second-order valence-electron chi connectivity index (χ2n) is 10.1. The van der Waals surface area contributed by atoms with Crippen LogP contribution in [0.1, 0.15) is 45.9 Å². The molecule has 1 unspecified atom stereocenters. The summed E-state index contributed by atoms with van der Waals surface area (Å²) in [7, 11) is 0.733. The number of anilines is 2. The molecule has 0 radical (unpaired) electrons. The van der Waals surface area contributed by atoms with Crippen LogP contribution in [0.25, 0.3) is 21.8 Å². The first-order valence-electron chi connectivity index (χ1n) is 12.8. The van der Waals surface area contributed by atoms with Crippen molar-refractivity contribution < 1.29 is 9.00 Å². The molecule has 7 rings (SSSR count). The Morgan fingerprint density at radius 2 is 2.00 bits per heavy atom. The summed E-state index contributed by atoms with van der Waals surface area (Å²) in [4.78, 5) is 25.7. The van der Waals surface area contributed by atoms with Crippen molar-refractivity contribution in [3.8, 4) is 0 Å². The number of nitrogen functional groups attached to an aromatic ring is 1. The molecule has 2 aliphatic rings. The van der Waals surface area contributed by atoms with Crippen LogP contribution in [-0.4, -0.2) is 35.6 Å². The van der Waals surface area contributed by atoms with Gasteiger partial charge in [0.25, 0.3) is 5.91 Å². The normalized spacial score (nSPS) is 16.7. The fourth-order valence-electron chi connectivity index (χ4n) is 5.41. The molecule has 2 N–H and O–H groups in total. The Morgan fingerprint density at radius 3 is 2.79 bits per heavy atom. The van der Waals surface area contributed by atoms with Gasteiger partial charge in [0.15, 0.2) is 0 Å². The Kier molecular flexibility index (Phi) is 5.29. The van der Waals surface area contributed by atoms with E-state index in [-0.39, 0.29) is 12.5 Å². The number of aryl methyl sites for hydroxylation is 2. The van der Waals surface area contributed by atoms with Gasteiger partial charge in [-0.15, -0.1) is 0 Å². The van der Waals surface area contributed by atoms with Gasteiger partial charge < -0.3 is 10.6 Å². The number of carbonyl (C=O) groups excluding carboxylic acids is 1. The monoisotopic (exact) mass is 522 g/mol. The highest BCUT2D eigenvalue weighted by Crippen LogP contribution is 2.39. The maximum atomic E-state index is 14.0. The molecule has 3 aromatic heterocycles. The van der Waals surface area contributed by atoms with Crippen LogP contribution in [0.2, 0.25) is 0 Å². The average molecular weight is 523 g/mol. The number of fused-ring (bicyclic) bond motifs is 4. The molecule has 1 saturated carbocycles. The molecule has 1 fully saturated rings. The molecule has 2 aromatic carbocycles. The van der Waals surface area contributed by atoms with Crippen LogP contribution in [0.3, 0.4) is 0 Å². The molecule has 4 heterocycles. The van der Waals surface area contributed by atoms with Crippen LogP contribution >= 0.6 is 0 Å². The first-order chi connectivity index (χ1) is 18.5. The van der Waals surface area contributed by atoms with Gasteiger partial charge in [0.2, 0.25) is 0 Å². The number of aromatic nitrogens is 4. The Morgan fingerprint density at radius 1 is 1.13 bits per heavy atom. The van der Waals surface area contributed by atoms with Crippen molar-refractivity contribution in [1.82, 2.24) is 19.7 Å². The van der Waals surface area contributed by atoms with Gasteiger partial charge in [0, 0.05) is 36.0 Å². The highest BCUT2D eigenvalue weighted by molar-refractivity contribution is 7.85. The summed E-state index contributed by atoms with van der Waals surface area (Å²) >= 11 is 0. The number of hydrogen-bond donors (Lipinski definition) is 1. The first-order valence-corrected chi connectivity index (χ1v) is 14.1. The molecule has 0 spiro atoms. The first kappa shape index (κ1) is 23.0. The van der Waals surface area contributed by atoms with E-state index in [1.165, 1.54) is 0 Å². The Hall–Kier alpha value is -4.11. The smallest absolute Gasteiger partial charge is 0.260 e. The summed E-state index contributed by atoms with van der Waals surface area (Å²) in [6.07, 6.45) is 6.45. The summed E-state index contributed by atoms with van der Waals surface area (Å²) in [5.41, 5.74) is 12.1. The van der Waals surface area contributed by atoms with Gasteiger partial charge in [-0.25, -0.2) is 4.98 Å². The molecule has 190 valence electrons. The number of carbonyl (C=O) groups is 1. The third-order valence-corrected chi connectivity index (χ3v) is 9.04. The molecule has 0 bridgehead atoms. The summed E-state index contributed by atoms with van der Waals surface area (Å²) in [6, 6.07) is 15.6. The quantitative estimate of drug-likeness (QED) is 0.365. The number of pyridine rings is 2. The molecule has 5 aromatic rings. The van der Waals surface area contributed by atoms with Crippen LogP contribution < -0.4 is 10.6 Å². The molecular weight excluding hydrogens is 496 g/mol. The lowest BCUT2D eigenvalue weighted by Crippen LogP contribution is -2.31. The summed E-state index contributed by atoms with van der Waals surface area (Å²) in [5.74, 6) is 1.33. The van der Waals surface area contributed by atoms with Gasteiger partial charge in [-0.1, -0.05) is 24.3 Å². The Labute approximate surface area is 221 Å². The van der Waals surface area contributed by atoms with Crippen molar-refractivity contribution in [1.29, 1.82) is 0 Å². The van der Waals surface area contributed by atoms with Crippen LogP contribution in [0.4, 0.5) is 11.5 Å². The largest absolute Gasteiger partial charge is 0.383 e. The minimum atomic E-state index is -1.15. The van der Waals surface area contributed by atoms with Crippen molar-refractivity contribution in [2.45, 2.75) is 36.6 Å². The average Bonchev–Trinajstić information content (AvgIpc) is 3.61. The molecule has 1 amide bonds. The van der Waals surface area contributed by atoms with Crippen LogP contribution in [-0.2, 0) is 30.8 Å². The second kappa shape index (κ2) is 8.73. The van der Waals surface area contributed by atoms with Gasteiger partial charge in [-0.3, -0.25) is 18.7 Å². The van der Waals surface area contributed by atoms with Crippen molar-refractivity contribution in [3.05, 3.63) is 83.3 Å². The third kappa shape index (κ3) is 3.77. The molecule has 0 saturated heterocycles. The van der Waals surface area contributed by atoms with Crippen molar-refractivity contribution in [3.63, 3.8) is 0 Å². The van der Waals surface area contributed by atoms with Crippen LogP contribution in [0, 0.1) is 0 Å². The molecule has 38 heavy (non-hydrogen) atoms. The van der Waals surface area contributed by atoms with Crippen molar-refractivity contribution >= 4 is 50.0 Å². The van der Waals surface area contributed by atoms with E-state index >= 15 is 0 Å². The van der Waals surface area contributed by atoms with E-state index in [4.69, 9.17) is 5.73 Å². The highest BCUT2D eigenvalue weighted by Gasteiger charge is 2.29. The van der Waals surface area contributed by atoms with E-state index in [9.17, 15) is 9.00 Å². The standard InChI is InChI=1S/C29H26N6O2S/c1-34-26-21-9-5-17(13-24(21)33-28(30)22(26)15-32-34)16-35(25-4-2-3-19-11-12-38(37)27(19)25)29(36)20-8-10-23(31-14-20)18-6-7-18/h2-5,8-10,13-15,18H,6-7,11-12,16H2,1H3,(H2,30,33). The topological polar surface area (TPSA) is 107 Å². The van der Waals surface area contributed by atoms with Gasteiger partial charge in [0.05, 0.1) is 56.1 Å². The van der Waals surface area contributed by atoms with E-state index < -0.39 is 10.8 Å². The number of nitrogens with two attached hydrogens (primary N) is 1. The SMILES string of the molecule is Cn1ncc2c(N)nc3cc(CN(C(=O)c4ccc(C5CC5)nc4)c4cccc5c4S(=O)CC5)ccc3c21. The lowest BCUT2D eigenvalue weighted by atomic mass is 10.1. The fourth-order valence-corrected chi connectivity index (χ4v) is 6.89.